The standard InChI is InChI=1S/C23H30N2O3S/c1-4-28-23(27)21-16(2)17(3)29-22(21)24-20(26)15-25-12-10-19(11-13-25)14-18-8-6-5-7-9-18/h5-9,19H,4,10-15H2,1-3H3,(H,24,26). The van der Waals surface area contributed by atoms with Crippen LogP contribution in [0.3, 0.4) is 0 Å². The number of hydrogen-bond acceptors (Lipinski definition) is 5. The predicted octanol–water partition coefficient (Wildman–Crippen LogP) is 4.43. The van der Waals surface area contributed by atoms with Crippen molar-refractivity contribution in [2.45, 2.75) is 40.0 Å². The van der Waals surface area contributed by atoms with Crippen LogP contribution in [-0.4, -0.2) is 43.0 Å². The molecule has 1 saturated heterocycles. The number of hydrogen-bond donors (Lipinski definition) is 1. The van der Waals surface area contributed by atoms with E-state index in [4.69, 9.17) is 4.74 Å². The fourth-order valence-corrected chi connectivity index (χ4v) is 4.89. The van der Waals surface area contributed by atoms with Gasteiger partial charge in [0, 0.05) is 4.88 Å². The summed E-state index contributed by atoms with van der Waals surface area (Å²) in [5.41, 5.74) is 2.76. The Morgan fingerprint density at radius 2 is 1.86 bits per heavy atom. The summed E-state index contributed by atoms with van der Waals surface area (Å²) in [5, 5.41) is 3.55. The van der Waals surface area contributed by atoms with Gasteiger partial charge in [0.25, 0.3) is 0 Å². The topological polar surface area (TPSA) is 58.6 Å². The number of likely N-dealkylation sites (tertiary alicyclic amines) is 1. The van der Waals surface area contributed by atoms with Crippen LogP contribution in [-0.2, 0) is 16.0 Å². The molecule has 2 aromatic rings. The number of carbonyl (C=O) groups is 2. The zero-order chi connectivity index (χ0) is 20.8. The number of nitrogens with zero attached hydrogens (tertiary/aromatic N) is 1. The van der Waals surface area contributed by atoms with Crippen molar-refractivity contribution in [2.24, 2.45) is 5.92 Å². The molecule has 0 unspecified atom stereocenters. The Morgan fingerprint density at radius 3 is 2.52 bits per heavy atom. The third-order valence-electron chi connectivity index (χ3n) is 5.56. The number of benzene rings is 1. The number of amides is 1. The first-order chi connectivity index (χ1) is 14.0. The van der Waals surface area contributed by atoms with Crippen LogP contribution in [0.15, 0.2) is 30.3 Å². The molecule has 0 aliphatic carbocycles. The van der Waals surface area contributed by atoms with Crippen LogP contribution < -0.4 is 5.32 Å². The Hall–Kier alpha value is -2.18. The molecule has 2 heterocycles. The van der Waals surface area contributed by atoms with Crippen LogP contribution in [0.4, 0.5) is 5.00 Å². The lowest BCUT2D eigenvalue weighted by molar-refractivity contribution is -0.117. The Morgan fingerprint density at radius 1 is 1.17 bits per heavy atom. The lowest BCUT2D eigenvalue weighted by Gasteiger charge is -2.31. The molecule has 0 bridgehead atoms. The second-order valence-corrected chi connectivity index (χ2v) is 8.89. The molecule has 6 heteroatoms. The maximum absolute atomic E-state index is 12.6. The van der Waals surface area contributed by atoms with E-state index in [2.05, 4.69) is 40.5 Å². The maximum Gasteiger partial charge on any atom is 0.341 e. The van der Waals surface area contributed by atoms with Gasteiger partial charge in [0.2, 0.25) is 5.91 Å². The third kappa shape index (κ3) is 5.67. The summed E-state index contributed by atoms with van der Waals surface area (Å²) >= 11 is 1.44. The van der Waals surface area contributed by atoms with Crippen molar-refractivity contribution in [3.63, 3.8) is 0 Å². The van der Waals surface area contributed by atoms with Crippen molar-refractivity contribution in [3.8, 4) is 0 Å². The van der Waals surface area contributed by atoms with E-state index in [9.17, 15) is 9.59 Å². The fraction of sp³-hybridized carbons (Fsp3) is 0.478. The number of carbonyl (C=O) groups excluding carboxylic acids is 2. The van der Waals surface area contributed by atoms with E-state index in [0.29, 0.717) is 29.6 Å². The molecule has 5 nitrogen and oxygen atoms in total. The number of piperidine rings is 1. The summed E-state index contributed by atoms with van der Waals surface area (Å²) in [6.07, 6.45) is 3.32. The van der Waals surface area contributed by atoms with Crippen LogP contribution >= 0.6 is 11.3 Å². The monoisotopic (exact) mass is 414 g/mol. The highest BCUT2D eigenvalue weighted by Crippen LogP contribution is 2.33. The second kappa shape index (κ2) is 10.0. The number of aryl methyl sites for hydroxylation is 1. The van der Waals surface area contributed by atoms with E-state index < -0.39 is 0 Å². The van der Waals surface area contributed by atoms with Gasteiger partial charge < -0.3 is 10.1 Å². The molecular weight excluding hydrogens is 384 g/mol. The highest BCUT2D eigenvalue weighted by molar-refractivity contribution is 7.16. The largest absolute Gasteiger partial charge is 0.462 e. The molecule has 29 heavy (non-hydrogen) atoms. The normalized spacial score (nSPS) is 15.3. The first kappa shape index (κ1) is 21.5. The molecular formula is C23H30N2O3S. The molecule has 0 saturated carbocycles. The molecule has 1 amide bonds. The van der Waals surface area contributed by atoms with E-state index in [1.165, 1.54) is 16.9 Å². The van der Waals surface area contributed by atoms with Gasteiger partial charge in [-0.2, -0.15) is 0 Å². The van der Waals surface area contributed by atoms with Crippen molar-refractivity contribution >= 4 is 28.2 Å². The van der Waals surface area contributed by atoms with E-state index >= 15 is 0 Å². The van der Waals surface area contributed by atoms with E-state index in [1.54, 1.807) is 6.92 Å². The Balaban J connectivity index is 1.52. The number of thiophene rings is 1. The van der Waals surface area contributed by atoms with Gasteiger partial charge in [0.05, 0.1) is 18.7 Å². The van der Waals surface area contributed by atoms with Crippen LogP contribution in [0, 0.1) is 19.8 Å². The SMILES string of the molecule is CCOC(=O)c1c(NC(=O)CN2CCC(Cc3ccccc3)CC2)sc(C)c1C. The molecule has 0 atom stereocenters. The number of esters is 1. The van der Waals surface area contributed by atoms with Crippen molar-refractivity contribution < 1.29 is 14.3 Å². The average molecular weight is 415 g/mol. The molecule has 1 fully saturated rings. The van der Waals surface area contributed by atoms with Gasteiger partial charge in [0.1, 0.15) is 5.00 Å². The number of anilines is 1. The lowest BCUT2D eigenvalue weighted by Crippen LogP contribution is -2.39. The Labute approximate surface area is 177 Å². The van der Waals surface area contributed by atoms with Crippen molar-refractivity contribution in [1.29, 1.82) is 0 Å². The number of ether oxygens (including phenoxy) is 1. The lowest BCUT2D eigenvalue weighted by atomic mass is 9.90. The molecule has 156 valence electrons. The van der Waals surface area contributed by atoms with Gasteiger partial charge in [0.15, 0.2) is 0 Å². The van der Waals surface area contributed by atoms with Gasteiger partial charge >= 0.3 is 5.97 Å². The first-order valence-corrected chi connectivity index (χ1v) is 11.1. The van der Waals surface area contributed by atoms with Gasteiger partial charge in [-0.25, -0.2) is 4.79 Å². The first-order valence-electron chi connectivity index (χ1n) is 10.3. The van der Waals surface area contributed by atoms with E-state index in [1.807, 2.05) is 13.8 Å². The van der Waals surface area contributed by atoms with Crippen LogP contribution in [0.5, 0.6) is 0 Å². The average Bonchev–Trinajstić information content (AvgIpc) is 2.97. The van der Waals surface area contributed by atoms with Gasteiger partial charge in [-0.3, -0.25) is 9.69 Å². The minimum atomic E-state index is -0.369. The summed E-state index contributed by atoms with van der Waals surface area (Å²) in [4.78, 5) is 28.1. The van der Waals surface area contributed by atoms with Gasteiger partial charge in [-0.05, 0) is 70.2 Å². The minimum Gasteiger partial charge on any atom is -0.462 e. The van der Waals surface area contributed by atoms with Gasteiger partial charge in [-0.1, -0.05) is 30.3 Å². The predicted molar refractivity (Wildman–Crippen MR) is 118 cm³/mol. The van der Waals surface area contributed by atoms with Crippen molar-refractivity contribution in [2.75, 3.05) is 31.6 Å². The summed E-state index contributed by atoms with van der Waals surface area (Å²) in [5.74, 6) is 0.236. The number of rotatable bonds is 7. The fourth-order valence-electron chi connectivity index (χ4n) is 3.83. The Kier molecular flexibility index (Phi) is 7.45. The molecule has 1 aromatic heterocycles. The zero-order valence-electron chi connectivity index (χ0n) is 17.5. The molecule has 0 spiro atoms. The molecule has 3 rings (SSSR count). The molecule has 0 radical (unpaired) electrons. The molecule has 1 aliphatic rings. The Bertz CT molecular complexity index is 839. The molecule has 1 N–H and O–H groups in total. The van der Waals surface area contributed by atoms with Crippen LogP contribution in [0.25, 0.3) is 0 Å². The summed E-state index contributed by atoms with van der Waals surface area (Å²) in [6.45, 7) is 8.17. The summed E-state index contributed by atoms with van der Waals surface area (Å²) in [6, 6.07) is 10.6. The van der Waals surface area contributed by atoms with Crippen LogP contribution in [0.1, 0.15) is 46.1 Å². The quantitative estimate of drug-likeness (QED) is 0.681. The zero-order valence-corrected chi connectivity index (χ0v) is 18.3. The minimum absolute atomic E-state index is 0.0710. The van der Waals surface area contributed by atoms with E-state index in [0.717, 1.165) is 42.8 Å². The van der Waals surface area contributed by atoms with Crippen molar-refractivity contribution in [1.82, 2.24) is 4.90 Å². The third-order valence-corrected chi connectivity index (χ3v) is 6.68. The molecule has 1 aliphatic heterocycles. The smallest absolute Gasteiger partial charge is 0.341 e. The van der Waals surface area contributed by atoms with Crippen molar-refractivity contribution in [3.05, 3.63) is 51.9 Å². The van der Waals surface area contributed by atoms with Gasteiger partial charge in [-0.15, -0.1) is 11.3 Å². The second-order valence-electron chi connectivity index (χ2n) is 7.67. The highest BCUT2D eigenvalue weighted by atomic mass is 32.1. The van der Waals surface area contributed by atoms with E-state index in [-0.39, 0.29) is 11.9 Å². The number of nitrogens with one attached hydrogen (secondary N) is 1. The summed E-state index contributed by atoms with van der Waals surface area (Å²) < 4.78 is 5.16. The van der Waals surface area contributed by atoms with Crippen LogP contribution in [0.2, 0.25) is 0 Å². The highest BCUT2D eigenvalue weighted by Gasteiger charge is 2.24. The summed E-state index contributed by atoms with van der Waals surface area (Å²) in [7, 11) is 0. The maximum atomic E-state index is 12.6. The molecule has 1 aromatic carbocycles.